The average Bonchev–Trinajstić information content (AvgIpc) is 2.77. The number of methoxy groups -OCH3 is 3. The third-order valence-electron chi connectivity index (χ3n) is 5.47. The third kappa shape index (κ3) is 4.58. The summed E-state index contributed by atoms with van der Waals surface area (Å²) in [5.74, 6) is 2.57. The van der Waals surface area contributed by atoms with Crippen LogP contribution in [0.2, 0.25) is 0 Å². The van der Waals surface area contributed by atoms with E-state index in [4.69, 9.17) is 14.2 Å². The minimum atomic E-state index is 0.209. The first-order valence-corrected chi connectivity index (χ1v) is 9.77. The maximum atomic E-state index is 12.7. The van der Waals surface area contributed by atoms with Crippen LogP contribution in [0.15, 0.2) is 42.5 Å². The van der Waals surface area contributed by atoms with Crippen LogP contribution in [0.5, 0.6) is 17.2 Å². The number of piperidine rings is 1. The number of nitrogens with zero attached hydrogens (tertiary/aromatic N) is 1. The quantitative estimate of drug-likeness (QED) is 0.724. The van der Waals surface area contributed by atoms with E-state index in [0.29, 0.717) is 36.0 Å². The molecule has 2 aromatic rings. The normalized spacial score (nSPS) is 14.6. The van der Waals surface area contributed by atoms with Gasteiger partial charge in [0.1, 0.15) is 0 Å². The molecule has 0 saturated carbocycles. The average molecular weight is 383 g/mol. The van der Waals surface area contributed by atoms with Gasteiger partial charge in [-0.15, -0.1) is 0 Å². The van der Waals surface area contributed by atoms with Gasteiger partial charge in [-0.1, -0.05) is 30.3 Å². The van der Waals surface area contributed by atoms with Crippen LogP contribution in [0.3, 0.4) is 0 Å². The first kappa shape index (κ1) is 20.1. The molecule has 0 bridgehead atoms. The van der Waals surface area contributed by atoms with Crippen molar-refractivity contribution in [3.8, 4) is 17.2 Å². The van der Waals surface area contributed by atoms with Crippen LogP contribution in [0.1, 0.15) is 36.3 Å². The number of hydrogen-bond donors (Lipinski definition) is 0. The number of aryl methyl sites for hydroxylation is 1. The van der Waals surface area contributed by atoms with Crippen LogP contribution < -0.4 is 14.2 Å². The molecular formula is C23H29NO4. The van der Waals surface area contributed by atoms with Gasteiger partial charge in [0, 0.05) is 19.5 Å². The van der Waals surface area contributed by atoms with Crippen LogP contribution in [0.25, 0.3) is 0 Å². The standard InChI is InChI=1S/C23H29NO4/c1-26-20-15-17(16-21(27-2)23(20)28-3)9-10-22(25)24-13-11-19(12-14-24)18-7-5-4-6-8-18/h4-8,15-16,19H,9-14H2,1-3H3. The molecule has 28 heavy (non-hydrogen) atoms. The highest BCUT2D eigenvalue weighted by Gasteiger charge is 2.23. The molecule has 0 spiro atoms. The zero-order chi connectivity index (χ0) is 19.9. The lowest BCUT2D eigenvalue weighted by Crippen LogP contribution is -2.38. The van der Waals surface area contributed by atoms with Gasteiger partial charge in [0.05, 0.1) is 21.3 Å². The lowest BCUT2D eigenvalue weighted by Gasteiger charge is -2.32. The fourth-order valence-corrected chi connectivity index (χ4v) is 3.88. The van der Waals surface area contributed by atoms with Crippen molar-refractivity contribution in [1.82, 2.24) is 4.90 Å². The van der Waals surface area contributed by atoms with Crippen molar-refractivity contribution in [1.29, 1.82) is 0 Å². The van der Waals surface area contributed by atoms with Gasteiger partial charge < -0.3 is 19.1 Å². The molecule has 1 fully saturated rings. The summed E-state index contributed by atoms with van der Waals surface area (Å²) in [6.45, 7) is 1.65. The van der Waals surface area contributed by atoms with Crippen molar-refractivity contribution in [2.45, 2.75) is 31.6 Å². The van der Waals surface area contributed by atoms with Gasteiger partial charge in [-0.3, -0.25) is 4.79 Å². The fourth-order valence-electron chi connectivity index (χ4n) is 3.88. The molecule has 1 aliphatic rings. The van der Waals surface area contributed by atoms with E-state index in [2.05, 4.69) is 24.3 Å². The molecule has 2 aromatic carbocycles. The Bertz CT molecular complexity index is 757. The van der Waals surface area contributed by atoms with Gasteiger partial charge in [0.15, 0.2) is 11.5 Å². The molecule has 1 aliphatic heterocycles. The van der Waals surface area contributed by atoms with E-state index in [0.717, 1.165) is 31.5 Å². The Balaban J connectivity index is 1.56. The van der Waals surface area contributed by atoms with Crippen LogP contribution in [0, 0.1) is 0 Å². The van der Waals surface area contributed by atoms with Crippen LogP contribution in [-0.4, -0.2) is 45.2 Å². The van der Waals surface area contributed by atoms with Gasteiger partial charge in [-0.05, 0) is 48.4 Å². The molecule has 0 aliphatic carbocycles. The van der Waals surface area contributed by atoms with Gasteiger partial charge in [-0.25, -0.2) is 0 Å². The molecule has 0 atom stereocenters. The summed E-state index contributed by atoms with van der Waals surface area (Å²) in [6.07, 6.45) is 3.18. The van der Waals surface area contributed by atoms with Crippen molar-refractivity contribution in [3.05, 3.63) is 53.6 Å². The van der Waals surface area contributed by atoms with Crippen molar-refractivity contribution in [2.75, 3.05) is 34.4 Å². The fraction of sp³-hybridized carbons (Fsp3) is 0.435. The number of carbonyl (C=O) groups excluding carboxylic acids is 1. The highest BCUT2D eigenvalue weighted by atomic mass is 16.5. The minimum absolute atomic E-state index is 0.209. The number of benzene rings is 2. The highest BCUT2D eigenvalue weighted by molar-refractivity contribution is 5.76. The zero-order valence-electron chi connectivity index (χ0n) is 16.9. The summed E-state index contributed by atoms with van der Waals surface area (Å²) in [4.78, 5) is 14.7. The number of amides is 1. The topological polar surface area (TPSA) is 48.0 Å². The zero-order valence-corrected chi connectivity index (χ0v) is 16.9. The molecule has 1 amide bonds. The number of carbonyl (C=O) groups is 1. The Kier molecular flexibility index (Phi) is 6.80. The molecule has 5 nitrogen and oxygen atoms in total. The van der Waals surface area contributed by atoms with Crippen molar-refractivity contribution < 1.29 is 19.0 Å². The molecule has 3 rings (SSSR count). The molecule has 0 N–H and O–H groups in total. The summed E-state index contributed by atoms with van der Waals surface area (Å²) >= 11 is 0. The summed E-state index contributed by atoms with van der Waals surface area (Å²) in [6, 6.07) is 14.4. The SMILES string of the molecule is COc1cc(CCC(=O)N2CCC(c3ccccc3)CC2)cc(OC)c1OC. The molecular weight excluding hydrogens is 354 g/mol. The summed E-state index contributed by atoms with van der Waals surface area (Å²) < 4.78 is 16.1. The van der Waals surface area contributed by atoms with Gasteiger partial charge in [-0.2, -0.15) is 0 Å². The summed E-state index contributed by atoms with van der Waals surface area (Å²) in [7, 11) is 4.79. The smallest absolute Gasteiger partial charge is 0.222 e. The second kappa shape index (κ2) is 9.49. The minimum Gasteiger partial charge on any atom is -0.493 e. The molecule has 0 aromatic heterocycles. The number of hydrogen-bond acceptors (Lipinski definition) is 4. The van der Waals surface area contributed by atoms with Gasteiger partial charge >= 0.3 is 0 Å². The Morgan fingerprint density at radius 2 is 1.57 bits per heavy atom. The molecule has 0 unspecified atom stereocenters. The molecule has 5 heteroatoms. The van der Waals surface area contributed by atoms with Gasteiger partial charge in [0.25, 0.3) is 0 Å². The molecule has 1 saturated heterocycles. The Hall–Kier alpha value is -2.69. The largest absolute Gasteiger partial charge is 0.493 e. The third-order valence-corrected chi connectivity index (χ3v) is 5.47. The maximum absolute atomic E-state index is 12.7. The second-order valence-electron chi connectivity index (χ2n) is 7.10. The summed E-state index contributed by atoms with van der Waals surface area (Å²) in [5, 5.41) is 0. The molecule has 1 heterocycles. The van der Waals surface area contributed by atoms with Crippen LogP contribution >= 0.6 is 0 Å². The van der Waals surface area contributed by atoms with E-state index in [1.807, 2.05) is 23.1 Å². The van der Waals surface area contributed by atoms with Gasteiger partial charge in [0.2, 0.25) is 11.7 Å². The number of rotatable bonds is 7. The lowest BCUT2D eigenvalue weighted by atomic mass is 9.89. The Morgan fingerprint density at radius 1 is 0.964 bits per heavy atom. The van der Waals surface area contributed by atoms with Crippen molar-refractivity contribution in [3.63, 3.8) is 0 Å². The molecule has 150 valence electrons. The monoisotopic (exact) mass is 383 g/mol. The van der Waals surface area contributed by atoms with E-state index in [1.165, 1.54) is 5.56 Å². The first-order valence-electron chi connectivity index (χ1n) is 9.77. The number of ether oxygens (including phenoxy) is 3. The second-order valence-corrected chi connectivity index (χ2v) is 7.10. The lowest BCUT2D eigenvalue weighted by molar-refractivity contribution is -0.132. The first-order chi connectivity index (χ1) is 13.7. The van der Waals surface area contributed by atoms with E-state index in [9.17, 15) is 4.79 Å². The number of likely N-dealkylation sites (tertiary alicyclic amines) is 1. The van der Waals surface area contributed by atoms with Crippen LogP contribution in [0.4, 0.5) is 0 Å². The van der Waals surface area contributed by atoms with E-state index in [1.54, 1.807) is 21.3 Å². The predicted molar refractivity (Wildman–Crippen MR) is 109 cm³/mol. The van der Waals surface area contributed by atoms with E-state index >= 15 is 0 Å². The van der Waals surface area contributed by atoms with Crippen molar-refractivity contribution >= 4 is 5.91 Å². The van der Waals surface area contributed by atoms with E-state index in [-0.39, 0.29) is 5.91 Å². The summed E-state index contributed by atoms with van der Waals surface area (Å²) in [5.41, 5.74) is 2.38. The Morgan fingerprint density at radius 3 is 2.11 bits per heavy atom. The maximum Gasteiger partial charge on any atom is 0.222 e. The van der Waals surface area contributed by atoms with Crippen molar-refractivity contribution in [2.24, 2.45) is 0 Å². The highest BCUT2D eigenvalue weighted by Crippen LogP contribution is 2.38. The van der Waals surface area contributed by atoms with E-state index < -0.39 is 0 Å². The molecule has 0 radical (unpaired) electrons. The Labute approximate surface area is 167 Å². The predicted octanol–water partition coefficient (Wildman–Crippen LogP) is 4.05. The van der Waals surface area contributed by atoms with Crippen LogP contribution in [-0.2, 0) is 11.2 Å².